The highest BCUT2D eigenvalue weighted by Crippen LogP contribution is 2.41. The van der Waals surface area contributed by atoms with Gasteiger partial charge in [-0.3, -0.25) is 9.67 Å². The van der Waals surface area contributed by atoms with Crippen molar-refractivity contribution >= 4 is 35.3 Å². The van der Waals surface area contributed by atoms with Gasteiger partial charge in [-0.15, -0.1) is 11.3 Å². The molecular weight excluding hydrogens is 282 g/mol. The second-order valence-corrected chi connectivity index (χ2v) is 7.44. The number of hydrogen-bond acceptors (Lipinski definition) is 4. The summed E-state index contributed by atoms with van der Waals surface area (Å²) in [6, 6.07) is 2.90. The van der Waals surface area contributed by atoms with Crippen molar-refractivity contribution in [2.75, 3.05) is 5.75 Å². The van der Waals surface area contributed by atoms with E-state index < -0.39 is 0 Å². The van der Waals surface area contributed by atoms with Crippen molar-refractivity contribution < 1.29 is 0 Å². The number of aromatic amines is 1. The molecule has 2 aromatic rings. The minimum absolute atomic E-state index is 0.583. The standard InChI is InChI=1S/C12H13N3S3/c16-12-14-13-11(15(12)8-1-2-8)10-5-7-6-17-4-3-9(7)18-10/h5,8H,1-4,6H2,(H,14,16). The number of aryl methyl sites for hydroxylation is 1. The molecule has 0 radical (unpaired) electrons. The molecule has 2 aliphatic rings. The maximum absolute atomic E-state index is 5.34. The van der Waals surface area contributed by atoms with Crippen molar-refractivity contribution in [1.29, 1.82) is 0 Å². The summed E-state index contributed by atoms with van der Waals surface area (Å²) in [7, 11) is 0. The number of rotatable bonds is 2. The van der Waals surface area contributed by atoms with Crippen LogP contribution in [0.2, 0.25) is 0 Å². The van der Waals surface area contributed by atoms with Gasteiger partial charge in [0.25, 0.3) is 0 Å². The molecule has 1 aliphatic heterocycles. The predicted molar refractivity (Wildman–Crippen MR) is 78.9 cm³/mol. The molecule has 0 aromatic carbocycles. The first-order valence-electron chi connectivity index (χ1n) is 6.19. The van der Waals surface area contributed by atoms with Gasteiger partial charge < -0.3 is 0 Å². The normalized spacial score (nSPS) is 18.9. The largest absolute Gasteiger partial charge is 0.296 e. The molecule has 0 saturated heterocycles. The Hall–Kier alpha value is -0.590. The Morgan fingerprint density at radius 2 is 2.33 bits per heavy atom. The topological polar surface area (TPSA) is 33.6 Å². The highest BCUT2D eigenvalue weighted by Gasteiger charge is 2.28. The van der Waals surface area contributed by atoms with E-state index in [1.54, 1.807) is 4.88 Å². The van der Waals surface area contributed by atoms with Gasteiger partial charge in [-0.25, -0.2) is 0 Å². The van der Waals surface area contributed by atoms with Gasteiger partial charge in [-0.1, -0.05) is 0 Å². The Morgan fingerprint density at radius 1 is 1.44 bits per heavy atom. The molecule has 4 rings (SSSR count). The number of thiophene rings is 1. The lowest BCUT2D eigenvalue weighted by molar-refractivity contribution is 0.736. The fourth-order valence-corrected chi connectivity index (χ4v) is 5.05. The molecule has 1 N–H and O–H groups in total. The van der Waals surface area contributed by atoms with E-state index in [1.807, 2.05) is 23.1 Å². The summed E-state index contributed by atoms with van der Waals surface area (Å²) in [4.78, 5) is 2.82. The van der Waals surface area contributed by atoms with Crippen molar-refractivity contribution in [1.82, 2.24) is 14.8 Å². The Labute approximate surface area is 119 Å². The van der Waals surface area contributed by atoms with Crippen LogP contribution in [0.4, 0.5) is 0 Å². The predicted octanol–water partition coefficient (Wildman–Crippen LogP) is 3.79. The van der Waals surface area contributed by atoms with Gasteiger partial charge in [0, 0.05) is 16.7 Å². The van der Waals surface area contributed by atoms with E-state index in [9.17, 15) is 0 Å². The molecule has 1 saturated carbocycles. The molecule has 0 bridgehead atoms. The van der Waals surface area contributed by atoms with E-state index in [0.29, 0.717) is 6.04 Å². The van der Waals surface area contributed by atoms with E-state index in [-0.39, 0.29) is 0 Å². The zero-order chi connectivity index (χ0) is 12.1. The molecule has 94 valence electrons. The zero-order valence-electron chi connectivity index (χ0n) is 9.81. The van der Waals surface area contributed by atoms with Gasteiger partial charge in [0.05, 0.1) is 4.88 Å². The molecule has 18 heavy (non-hydrogen) atoms. The SMILES string of the molecule is S=c1[nH]nc(-c2cc3c(s2)CCSC3)n1C1CC1. The molecule has 1 aliphatic carbocycles. The Balaban J connectivity index is 1.83. The summed E-state index contributed by atoms with van der Waals surface area (Å²) in [6.45, 7) is 0. The number of H-pyrrole nitrogens is 1. The number of nitrogens with zero attached hydrogens (tertiary/aromatic N) is 2. The van der Waals surface area contributed by atoms with E-state index in [2.05, 4.69) is 20.8 Å². The second kappa shape index (κ2) is 4.21. The molecule has 1 fully saturated rings. The first kappa shape index (κ1) is 11.3. The van der Waals surface area contributed by atoms with E-state index in [0.717, 1.165) is 16.3 Å². The minimum Gasteiger partial charge on any atom is -0.296 e. The van der Waals surface area contributed by atoms with Crippen LogP contribution < -0.4 is 0 Å². The monoisotopic (exact) mass is 295 g/mol. The van der Waals surface area contributed by atoms with Gasteiger partial charge in [0.15, 0.2) is 10.6 Å². The second-order valence-electron chi connectivity index (χ2n) is 4.82. The highest BCUT2D eigenvalue weighted by atomic mass is 32.2. The lowest BCUT2D eigenvalue weighted by Crippen LogP contribution is -1.96. The summed E-state index contributed by atoms with van der Waals surface area (Å²) < 4.78 is 2.98. The maximum atomic E-state index is 5.34. The molecule has 3 heterocycles. The first-order valence-corrected chi connectivity index (χ1v) is 8.57. The average molecular weight is 295 g/mol. The Kier molecular flexibility index (Phi) is 2.63. The fourth-order valence-electron chi connectivity index (χ4n) is 2.41. The van der Waals surface area contributed by atoms with Crippen LogP contribution in [0.1, 0.15) is 29.3 Å². The Bertz CT molecular complexity index is 624. The smallest absolute Gasteiger partial charge is 0.195 e. The third kappa shape index (κ3) is 1.78. The van der Waals surface area contributed by atoms with Crippen molar-refractivity contribution in [2.24, 2.45) is 0 Å². The van der Waals surface area contributed by atoms with E-state index >= 15 is 0 Å². The average Bonchev–Trinajstić information content (AvgIpc) is 3.00. The molecule has 3 nitrogen and oxygen atoms in total. The summed E-state index contributed by atoms with van der Waals surface area (Å²) in [6.07, 6.45) is 3.68. The third-order valence-electron chi connectivity index (χ3n) is 3.46. The molecule has 0 unspecified atom stereocenters. The van der Waals surface area contributed by atoms with Gasteiger partial charge >= 0.3 is 0 Å². The number of fused-ring (bicyclic) bond motifs is 1. The first-order chi connectivity index (χ1) is 8.83. The van der Waals surface area contributed by atoms with Crippen LogP contribution in [-0.2, 0) is 12.2 Å². The van der Waals surface area contributed by atoms with Crippen LogP contribution in [0, 0.1) is 4.77 Å². The molecule has 0 spiro atoms. The van der Waals surface area contributed by atoms with Gasteiger partial charge in [0.2, 0.25) is 0 Å². The lowest BCUT2D eigenvalue weighted by Gasteiger charge is -2.08. The van der Waals surface area contributed by atoms with E-state index in [1.165, 1.54) is 35.5 Å². The highest BCUT2D eigenvalue weighted by molar-refractivity contribution is 7.98. The van der Waals surface area contributed by atoms with Crippen LogP contribution in [0.3, 0.4) is 0 Å². The van der Waals surface area contributed by atoms with Crippen molar-refractivity contribution in [3.8, 4) is 10.7 Å². The van der Waals surface area contributed by atoms with Gasteiger partial charge in [-0.05, 0) is 48.9 Å². The summed E-state index contributed by atoms with van der Waals surface area (Å²) in [5.41, 5.74) is 1.50. The molecule has 2 aromatic heterocycles. The molecule has 0 amide bonds. The quantitative estimate of drug-likeness (QED) is 0.856. The zero-order valence-corrected chi connectivity index (χ0v) is 12.3. The third-order valence-corrected chi connectivity index (χ3v) is 5.99. The summed E-state index contributed by atoms with van der Waals surface area (Å²) in [5, 5.41) is 7.39. The summed E-state index contributed by atoms with van der Waals surface area (Å²) >= 11 is 9.27. The van der Waals surface area contributed by atoms with Crippen molar-refractivity contribution in [3.05, 3.63) is 21.3 Å². The summed E-state index contributed by atoms with van der Waals surface area (Å²) in [5.74, 6) is 3.45. The molecule has 0 atom stereocenters. The van der Waals surface area contributed by atoms with Crippen LogP contribution in [0.5, 0.6) is 0 Å². The lowest BCUT2D eigenvalue weighted by atomic mass is 10.2. The van der Waals surface area contributed by atoms with Gasteiger partial charge in [-0.2, -0.15) is 16.9 Å². The minimum atomic E-state index is 0.583. The van der Waals surface area contributed by atoms with Crippen LogP contribution in [-0.4, -0.2) is 20.5 Å². The van der Waals surface area contributed by atoms with Crippen LogP contribution in [0.15, 0.2) is 6.07 Å². The maximum Gasteiger partial charge on any atom is 0.195 e. The van der Waals surface area contributed by atoms with Crippen molar-refractivity contribution in [3.63, 3.8) is 0 Å². The number of nitrogens with one attached hydrogen (secondary N) is 1. The van der Waals surface area contributed by atoms with Crippen molar-refractivity contribution in [2.45, 2.75) is 31.1 Å². The van der Waals surface area contributed by atoms with Crippen LogP contribution >= 0.6 is 35.3 Å². The van der Waals surface area contributed by atoms with Gasteiger partial charge in [0.1, 0.15) is 0 Å². The number of hydrogen-bond donors (Lipinski definition) is 1. The molecular formula is C12H13N3S3. The van der Waals surface area contributed by atoms with E-state index in [4.69, 9.17) is 12.2 Å². The fraction of sp³-hybridized carbons (Fsp3) is 0.500. The molecule has 6 heteroatoms. The number of aromatic nitrogens is 3. The van der Waals surface area contributed by atoms with Crippen LogP contribution in [0.25, 0.3) is 10.7 Å². The number of thioether (sulfide) groups is 1. The Morgan fingerprint density at radius 3 is 3.11 bits per heavy atom.